The van der Waals surface area contributed by atoms with Crippen LogP contribution in [0.1, 0.15) is 50.8 Å². The number of aliphatic imine (C=N–C) groups is 1. The molecule has 0 radical (unpaired) electrons. The lowest BCUT2D eigenvalue weighted by Gasteiger charge is -2.49. The molecule has 10 heteroatoms. The van der Waals surface area contributed by atoms with Crippen LogP contribution in [0.15, 0.2) is 107 Å². The maximum atomic E-state index is 15.2. The predicted octanol–water partition coefficient (Wildman–Crippen LogP) is 7.03. The Balaban J connectivity index is 0.961. The molecule has 0 aliphatic carbocycles. The third-order valence-electron chi connectivity index (χ3n) is 11.2. The largest absolute Gasteiger partial charge is 0.494 e. The third-order valence-corrected chi connectivity index (χ3v) is 11.2. The third kappa shape index (κ3) is 8.65. The van der Waals surface area contributed by atoms with Crippen molar-refractivity contribution in [2.24, 2.45) is 4.99 Å². The lowest BCUT2D eigenvalue weighted by Crippen LogP contribution is -2.63. The number of nitrogens with one attached hydrogen (secondary N) is 2. The van der Waals surface area contributed by atoms with Crippen molar-refractivity contribution >= 4 is 29.1 Å². The van der Waals surface area contributed by atoms with Gasteiger partial charge in [0.15, 0.2) is 0 Å². The van der Waals surface area contributed by atoms with E-state index in [9.17, 15) is 4.79 Å². The van der Waals surface area contributed by atoms with Gasteiger partial charge in [-0.1, -0.05) is 43.5 Å². The number of anilines is 2. The summed E-state index contributed by atoms with van der Waals surface area (Å²) in [5.74, 6) is 0.857. The van der Waals surface area contributed by atoms with Crippen LogP contribution in [0.5, 0.6) is 0 Å². The van der Waals surface area contributed by atoms with Crippen molar-refractivity contribution in [3.63, 3.8) is 0 Å². The Morgan fingerprint density at radius 1 is 1.06 bits per heavy atom. The topological polar surface area (TPSA) is 75.7 Å². The maximum absolute atomic E-state index is 15.2. The molecular weight excluding hydrogens is 678 g/mol. The number of carbonyl (C=O) groups excluding carboxylic acids is 1. The molecule has 2 aromatic rings. The number of ether oxygens (including phenoxy) is 1. The molecule has 1 amide bonds. The first-order chi connectivity index (χ1) is 25.9. The highest BCUT2D eigenvalue weighted by molar-refractivity contribution is 5.81. The van der Waals surface area contributed by atoms with Crippen molar-refractivity contribution in [1.82, 2.24) is 20.0 Å². The van der Waals surface area contributed by atoms with E-state index < -0.39 is 5.82 Å². The van der Waals surface area contributed by atoms with Crippen molar-refractivity contribution in [1.29, 1.82) is 0 Å². The van der Waals surface area contributed by atoms with Gasteiger partial charge in [-0.15, -0.1) is 0 Å². The van der Waals surface area contributed by atoms with Crippen LogP contribution in [0.4, 0.5) is 15.8 Å². The zero-order valence-electron chi connectivity index (χ0n) is 32.7. The summed E-state index contributed by atoms with van der Waals surface area (Å²) in [6, 6.07) is 11.8. The Hall–Kier alpha value is -5.09. The summed E-state index contributed by atoms with van der Waals surface area (Å²) in [6.07, 6.45) is 4.63. The number of benzene rings is 2. The second-order valence-electron chi connectivity index (χ2n) is 14.9. The molecule has 2 aromatic carbocycles. The summed E-state index contributed by atoms with van der Waals surface area (Å²) < 4.78 is 21.0. The first kappa shape index (κ1) is 38.6. The van der Waals surface area contributed by atoms with Crippen molar-refractivity contribution in [2.45, 2.75) is 53.5 Å². The lowest BCUT2D eigenvalue weighted by atomic mass is 9.97. The quantitative estimate of drug-likeness (QED) is 0.179. The average molecular weight is 734 g/mol. The van der Waals surface area contributed by atoms with Gasteiger partial charge in [-0.05, 0) is 98.7 Å². The predicted molar refractivity (Wildman–Crippen MR) is 220 cm³/mol. The smallest absolute Gasteiger partial charge is 0.227 e. The highest BCUT2D eigenvalue weighted by Crippen LogP contribution is 2.32. The Labute approximate surface area is 320 Å². The number of hydrogen-bond donors (Lipinski definition) is 2. The molecule has 0 aromatic heterocycles. The lowest BCUT2D eigenvalue weighted by molar-refractivity contribution is -0.132. The molecule has 0 bridgehead atoms. The highest BCUT2D eigenvalue weighted by Gasteiger charge is 2.35. The minimum atomic E-state index is -0.419. The summed E-state index contributed by atoms with van der Waals surface area (Å²) in [7, 11) is 0. The van der Waals surface area contributed by atoms with E-state index in [4.69, 9.17) is 4.74 Å². The van der Waals surface area contributed by atoms with Gasteiger partial charge in [-0.25, -0.2) is 9.38 Å². The zero-order valence-corrected chi connectivity index (χ0v) is 32.7. The number of allylic oxidation sites excluding steroid dienone is 4. The number of hydrogen-bond acceptors (Lipinski definition) is 8. The number of carbonyl (C=O) groups is 1. The van der Waals surface area contributed by atoms with Gasteiger partial charge in [0.25, 0.3) is 0 Å². The molecule has 4 aliphatic rings. The van der Waals surface area contributed by atoms with E-state index in [-0.39, 0.29) is 12.3 Å². The van der Waals surface area contributed by atoms with Gasteiger partial charge in [0.05, 0.1) is 12.1 Å². The minimum Gasteiger partial charge on any atom is -0.494 e. The first-order valence-corrected chi connectivity index (χ1v) is 19.1. The number of halogens is 1. The Morgan fingerprint density at radius 3 is 2.48 bits per heavy atom. The van der Waals surface area contributed by atoms with E-state index in [0.717, 1.165) is 86.1 Å². The van der Waals surface area contributed by atoms with Gasteiger partial charge in [0, 0.05) is 88.2 Å². The molecule has 286 valence electrons. The summed E-state index contributed by atoms with van der Waals surface area (Å²) in [5, 5.41) is 6.57. The van der Waals surface area contributed by atoms with E-state index in [1.54, 1.807) is 12.1 Å². The molecule has 0 unspecified atom stereocenters. The van der Waals surface area contributed by atoms with Gasteiger partial charge in [0.1, 0.15) is 24.0 Å². The molecule has 0 saturated carbocycles. The number of nitrogens with zero attached hydrogens (tertiary/aromatic N) is 5. The van der Waals surface area contributed by atoms with E-state index in [1.165, 1.54) is 28.5 Å². The molecule has 54 heavy (non-hydrogen) atoms. The van der Waals surface area contributed by atoms with E-state index >= 15 is 4.39 Å². The van der Waals surface area contributed by atoms with Gasteiger partial charge in [0.2, 0.25) is 5.91 Å². The number of rotatable bonds is 12. The molecule has 4 aliphatic heterocycles. The van der Waals surface area contributed by atoms with Crippen LogP contribution in [0.3, 0.4) is 0 Å². The summed E-state index contributed by atoms with van der Waals surface area (Å²) in [4.78, 5) is 26.9. The summed E-state index contributed by atoms with van der Waals surface area (Å²) >= 11 is 0. The standard InChI is InChI=1S/C44H56FN7O2/c1-9-41(32(6)44-33(7)54-22-16-46-44)51-17-15-36(30(4)26-51)25-47-34(8)48-37-14-13-35(40(45)24-37)23-43(53)50-20-18-49(19-21-50)38-27-52(28-38)42-12-10-11-39(29(2)3)31(42)5/h9-14,24-25,38,46,48H,1-2,8,15-23,26-28H2,3-7H3/b41-32+,47-25-. The van der Waals surface area contributed by atoms with Crippen LogP contribution in [-0.4, -0.2) is 98.4 Å². The van der Waals surface area contributed by atoms with Crippen molar-refractivity contribution in [2.75, 3.05) is 75.7 Å². The maximum Gasteiger partial charge on any atom is 0.227 e. The second-order valence-corrected chi connectivity index (χ2v) is 14.9. The molecule has 2 saturated heterocycles. The Kier molecular flexibility index (Phi) is 12.1. The fourth-order valence-electron chi connectivity index (χ4n) is 7.98. The molecule has 2 N–H and O–H groups in total. The highest BCUT2D eigenvalue weighted by atomic mass is 19.1. The summed E-state index contributed by atoms with van der Waals surface area (Å²) in [5.41, 5.74) is 11.4. The molecular formula is C44H56FN7O2. The SMILES string of the molecule is C=C/C(=C(/C)C1=C(C)OCCN1)N1CCC(/C=N\C(=C)Nc2ccc(CC(=O)N3CCN(C4CN(c5cccc(C(=C)C)c5C)C4)CC3)c(F)c2)=C(C)C1. The van der Waals surface area contributed by atoms with Crippen LogP contribution in [0, 0.1) is 12.7 Å². The monoisotopic (exact) mass is 733 g/mol. The normalized spacial score (nSPS) is 19.0. The molecule has 6 rings (SSSR count). The van der Waals surface area contributed by atoms with E-state index in [1.807, 2.05) is 24.1 Å². The van der Waals surface area contributed by atoms with Gasteiger partial charge in [-0.2, -0.15) is 0 Å². The fraction of sp³-hybridized carbons (Fsp3) is 0.409. The minimum absolute atomic E-state index is 0.0367. The first-order valence-electron chi connectivity index (χ1n) is 19.1. The number of amides is 1. The fourth-order valence-corrected chi connectivity index (χ4v) is 7.98. The van der Waals surface area contributed by atoms with Gasteiger partial charge < -0.3 is 30.1 Å². The van der Waals surface area contributed by atoms with Crippen LogP contribution in [0.25, 0.3) is 5.57 Å². The summed E-state index contributed by atoms with van der Waals surface area (Å²) in [6.45, 7) is 30.7. The van der Waals surface area contributed by atoms with Crippen LogP contribution < -0.4 is 15.5 Å². The number of piperazine rings is 1. The molecule has 9 nitrogen and oxygen atoms in total. The van der Waals surface area contributed by atoms with Gasteiger partial charge in [-0.3, -0.25) is 9.69 Å². The van der Waals surface area contributed by atoms with E-state index in [2.05, 4.69) is 96.0 Å². The average Bonchev–Trinajstić information content (AvgIpc) is 3.13. The van der Waals surface area contributed by atoms with Crippen LogP contribution in [0.2, 0.25) is 0 Å². The Bertz CT molecular complexity index is 1930. The van der Waals surface area contributed by atoms with Crippen molar-refractivity contribution < 1.29 is 13.9 Å². The van der Waals surface area contributed by atoms with E-state index in [0.29, 0.717) is 42.8 Å². The van der Waals surface area contributed by atoms with Crippen molar-refractivity contribution in [3.8, 4) is 0 Å². The molecule has 4 heterocycles. The van der Waals surface area contributed by atoms with Gasteiger partial charge >= 0.3 is 0 Å². The molecule has 2 fully saturated rings. The van der Waals surface area contributed by atoms with Crippen LogP contribution >= 0.6 is 0 Å². The molecule has 0 atom stereocenters. The van der Waals surface area contributed by atoms with Crippen molar-refractivity contribution in [3.05, 3.63) is 124 Å². The Morgan fingerprint density at radius 2 is 1.81 bits per heavy atom. The molecule has 0 spiro atoms. The second kappa shape index (κ2) is 16.9. The zero-order chi connectivity index (χ0) is 38.5. The van der Waals surface area contributed by atoms with Crippen LogP contribution in [-0.2, 0) is 16.0 Å².